The zero-order valence-electron chi connectivity index (χ0n) is 14.0. The number of hydrogen-bond donors (Lipinski definition) is 1. The van der Waals surface area contributed by atoms with Crippen LogP contribution in [-0.2, 0) is 16.1 Å². The summed E-state index contributed by atoms with van der Waals surface area (Å²) in [5.41, 5.74) is 0.837. The minimum atomic E-state index is -0.550. The number of benzene rings is 1. The highest BCUT2D eigenvalue weighted by atomic mass is 35.5. The Morgan fingerprint density at radius 1 is 1.17 bits per heavy atom. The predicted molar refractivity (Wildman–Crippen MR) is 94.7 cm³/mol. The Bertz CT molecular complexity index is 564. The van der Waals surface area contributed by atoms with Crippen LogP contribution in [0.5, 0.6) is 0 Å². The van der Waals surface area contributed by atoms with Crippen molar-refractivity contribution in [2.45, 2.75) is 59.2 Å². The largest absolute Gasteiger partial charge is 0.352 e. The lowest BCUT2D eigenvalue weighted by Gasteiger charge is -2.29. The van der Waals surface area contributed by atoms with E-state index in [1.807, 2.05) is 19.9 Å². The average Bonchev–Trinajstić information content (AvgIpc) is 2.54. The Labute approximate surface area is 148 Å². The summed E-state index contributed by atoms with van der Waals surface area (Å²) >= 11 is 11.9. The molecule has 0 fully saturated rings. The van der Waals surface area contributed by atoms with E-state index in [1.54, 1.807) is 30.9 Å². The number of hydrogen-bond acceptors (Lipinski definition) is 2. The second kappa shape index (κ2) is 9.14. The van der Waals surface area contributed by atoms with Crippen LogP contribution in [0.4, 0.5) is 0 Å². The van der Waals surface area contributed by atoms with Gasteiger partial charge in [0.1, 0.15) is 6.04 Å². The molecule has 2 atom stereocenters. The van der Waals surface area contributed by atoms with Gasteiger partial charge in [-0.05, 0) is 38.0 Å². The van der Waals surface area contributed by atoms with Crippen molar-refractivity contribution in [2.24, 2.45) is 0 Å². The van der Waals surface area contributed by atoms with Crippen LogP contribution in [0, 0.1) is 0 Å². The molecule has 0 aromatic heterocycles. The van der Waals surface area contributed by atoms with Crippen molar-refractivity contribution in [1.82, 2.24) is 10.2 Å². The molecule has 0 heterocycles. The lowest BCUT2D eigenvalue weighted by atomic mass is 10.1. The number of carbonyl (C=O) groups excluding carboxylic acids is 2. The number of carbonyl (C=O) groups is 2. The second-order valence-corrected chi connectivity index (χ2v) is 6.43. The monoisotopic (exact) mass is 358 g/mol. The fraction of sp³-hybridized carbons (Fsp3) is 0.529. The molecule has 6 heteroatoms. The number of rotatable bonds is 7. The molecule has 0 saturated carbocycles. The lowest BCUT2D eigenvalue weighted by molar-refractivity contribution is -0.140. The molecule has 1 aromatic carbocycles. The smallest absolute Gasteiger partial charge is 0.242 e. The van der Waals surface area contributed by atoms with Gasteiger partial charge >= 0.3 is 0 Å². The Morgan fingerprint density at radius 3 is 2.35 bits per heavy atom. The number of halogens is 2. The van der Waals surface area contributed by atoms with E-state index in [4.69, 9.17) is 23.2 Å². The summed E-state index contributed by atoms with van der Waals surface area (Å²) in [5.74, 6) is -0.232. The van der Waals surface area contributed by atoms with Crippen molar-refractivity contribution >= 4 is 35.0 Å². The molecule has 0 aliphatic rings. The first kappa shape index (κ1) is 19.8. The van der Waals surface area contributed by atoms with E-state index in [-0.39, 0.29) is 17.9 Å². The van der Waals surface area contributed by atoms with Crippen LogP contribution < -0.4 is 5.32 Å². The normalized spacial score (nSPS) is 13.3. The highest BCUT2D eigenvalue weighted by molar-refractivity contribution is 6.42. The van der Waals surface area contributed by atoms with Crippen LogP contribution in [0.3, 0.4) is 0 Å². The van der Waals surface area contributed by atoms with Gasteiger partial charge in [-0.3, -0.25) is 9.59 Å². The maximum atomic E-state index is 12.3. The number of amides is 2. The molecule has 0 aliphatic heterocycles. The number of nitrogens with zero attached hydrogens (tertiary/aromatic N) is 1. The summed E-state index contributed by atoms with van der Waals surface area (Å²) in [6.07, 6.45) is 1.18. The van der Waals surface area contributed by atoms with Gasteiger partial charge in [-0.2, -0.15) is 0 Å². The molecular weight excluding hydrogens is 335 g/mol. The van der Waals surface area contributed by atoms with E-state index in [1.165, 1.54) is 0 Å². The van der Waals surface area contributed by atoms with E-state index in [9.17, 15) is 9.59 Å². The zero-order valence-corrected chi connectivity index (χ0v) is 15.5. The SMILES string of the molecule is CCC(=O)N(Cc1ccc(Cl)c(Cl)c1)[C@H](C)C(=O)N[C@H](C)CC. The highest BCUT2D eigenvalue weighted by Gasteiger charge is 2.25. The van der Waals surface area contributed by atoms with Gasteiger partial charge in [0.2, 0.25) is 11.8 Å². The van der Waals surface area contributed by atoms with Crippen molar-refractivity contribution in [2.75, 3.05) is 0 Å². The van der Waals surface area contributed by atoms with E-state index >= 15 is 0 Å². The molecule has 4 nitrogen and oxygen atoms in total. The third-order valence-corrected chi connectivity index (χ3v) is 4.55. The summed E-state index contributed by atoms with van der Waals surface area (Å²) in [4.78, 5) is 26.2. The molecular formula is C17H24Cl2N2O2. The first-order valence-electron chi connectivity index (χ1n) is 7.83. The van der Waals surface area contributed by atoms with Gasteiger partial charge in [-0.1, -0.05) is 43.1 Å². The van der Waals surface area contributed by atoms with Crippen LogP contribution in [0.25, 0.3) is 0 Å². The molecule has 0 saturated heterocycles. The molecule has 1 rings (SSSR count). The Balaban J connectivity index is 2.93. The van der Waals surface area contributed by atoms with Gasteiger partial charge in [-0.25, -0.2) is 0 Å². The van der Waals surface area contributed by atoms with Crippen LogP contribution in [0.1, 0.15) is 46.1 Å². The van der Waals surface area contributed by atoms with Gasteiger partial charge < -0.3 is 10.2 Å². The standard InChI is InChI=1S/C17H24Cl2N2O2/c1-5-11(3)20-17(23)12(4)21(16(22)6-2)10-13-7-8-14(18)15(19)9-13/h7-9,11-12H,5-6,10H2,1-4H3,(H,20,23)/t11-,12-/m1/s1. The molecule has 128 valence electrons. The van der Waals surface area contributed by atoms with Gasteiger partial charge in [0.25, 0.3) is 0 Å². The summed E-state index contributed by atoms with van der Waals surface area (Å²) in [5, 5.41) is 3.81. The van der Waals surface area contributed by atoms with E-state index in [0.29, 0.717) is 23.0 Å². The van der Waals surface area contributed by atoms with E-state index in [2.05, 4.69) is 5.32 Å². The minimum absolute atomic E-state index is 0.0773. The van der Waals surface area contributed by atoms with Crippen molar-refractivity contribution in [3.63, 3.8) is 0 Å². The quantitative estimate of drug-likeness (QED) is 0.799. The second-order valence-electron chi connectivity index (χ2n) is 5.62. The Morgan fingerprint density at radius 2 is 1.83 bits per heavy atom. The van der Waals surface area contributed by atoms with Crippen molar-refractivity contribution in [3.8, 4) is 0 Å². The average molecular weight is 359 g/mol. The van der Waals surface area contributed by atoms with Gasteiger partial charge in [-0.15, -0.1) is 0 Å². The Hall–Kier alpha value is -1.26. The van der Waals surface area contributed by atoms with Crippen LogP contribution >= 0.6 is 23.2 Å². The van der Waals surface area contributed by atoms with Crippen LogP contribution in [-0.4, -0.2) is 28.8 Å². The fourth-order valence-corrected chi connectivity index (χ4v) is 2.41. The summed E-state index contributed by atoms with van der Waals surface area (Å²) < 4.78 is 0. The topological polar surface area (TPSA) is 49.4 Å². The fourth-order valence-electron chi connectivity index (χ4n) is 2.09. The number of nitrogens with one attached hydrogen (secondary N) is 1. The van der Waals surface area contributed by atoms with Crippen LogP contribution in [0.2, 0.25) is 10.0 Å². The lowest BCUT2D eigenvalue weighted by Crippen LogP contribution is -2.49. The minimum Gasteiger partial charge on any atom is -0.352 e. The molecule has 1 aromatic rings. The van der Waals surface area contributed by atoms with Gasteiger partial charge in [0.05, 0.1) is 10.0 Å². The summed E-state index contributed by atoms with van der Waals surface area (Å²) in [6.45, 7) is 7.78. The maximum Gasteiger partial charge on any atom is 0.242 e. The Kier molecular flexibility index (Phi) is 7.86. The van der Waals surface area contributed by atoms with Crippen molar-refractivity contribution < 1.29 is 9.59 Å². The molecule has 1 N–H and O–H groups in total. The van der Waals surface area contributed by atoms with Gasteiger partial charge in [0, 0.05) is 19.0 Å². The summed E-state index contributed by atoms with van der Waals surface area (Å²) in [6, 6.07) is 4.75. The van der Waals surface area contributed by atoms with E-state index in [0.717, 1.165) is 12.0 Å². The third kappa shape index (κ3) is 5.70. The molecule has 23 heavy (non-hydrogen) atoms. The van der Waals surface area contributed by atoms with Crippen LogP contribution in [0.15, 0.2) is 18.2 Å². The molecule has 2 amide bonds. The molecule has 0 bridgehead atoms. The predicted octanol–water partition coefficient (Wildman–Crippen LogP) is 4.04. The third-order valence-electron chi connectivity index (χ3n) is 3.81. The highest BCUT2D eigenvalue weighted by Crippen LogP contribution is 2.23. The first-order valence-corrected chi connectivity index (χ1v) is 8.59. The molecule has 0 aliphatic carbocycles. The molecule has 0 unspecified atom stereocenters. The first-order chi connectivity index (χ1) is 10.8. The maximum absolute atomic E-state index is 12.3. The van der Waals surface area contributed by atoms with E-state index < -0.39 is 6.04 Å². The van der Waals surface area contributed by atoms with Crippen molar-refractivity contribution in [1.29, 1.82) is 0 Å². The van der Waals surface area contributed by atoms with Crippen molar-refractivity contribution in [3.05, 3.63) is 33.8 Å². The molecule has 0 radical (unpaired) electrons. The zero-order chi connectivity index (χ0) is 17.6. The van der Waals surface area contributed by atoms with Gasteiger partial charge in [0.15, 0.2) is 0 Å². The summed E-state index contributed by atoms with van der Waals surface area (Å²) in [7, 11) is 0. The molecule has 0 spiro atoms.